The summed E-state index contributed by atoms with van der Waals surface area (Å²) in [5, 5.41) is 13.1. The van der Waals surface area contributed by atoms with Crippen molar-refractivity contribution in [2.75, 3.05) is 5.32 Å². The van der Waals surface area contributed by atoms with Crippen molar-refractivity contribution in [2.24, 2.45) is 0 Å². The van der Waals surface area contributed by atoms with Crippen molar-refractivity contribution < 1.29 is 9.90 Å². The van der Waals surface area contributed by atoms with Crippen molar-refractivity contribution in [3.8, 4) is 0 Å². The molecule has 0 aromatic heterocycles. The minimum absolute atomic E-state index is 0.365. The van der Waals surface area contributed by atoms with Crippen LogP contribution in [0, 0.1) is 0 Å². The Kier molecular flexibility index (Phi) is 4.64. The van der Waals surface area contributed by atoms with Gasteiger partial charge < -0.3 is 10.4 Å². The van der Waals surface area contributed by atoms with Crippen molar-refractivity contribution in [1.82, 2.24) is 0 Å². The van der Waals surface area contributed by atoms with Crippen molar-refractivity contribution in [3.05, 3.63) is 64.2 Å². The molecule has 3 nitrogen and oxygen atoms in total. The van der Waals surface area contributed by atoms with Gasteiger partial charge in [0.2, 0.25) is 0 Å². The largest absolute Gasteiger partial charge is 0.478 e. The summed E-state index contributed by atoms with van der Waals surface area (Å²) in [6, 6.07) is 12.9. The summed E-state index contributed by atoms with van der Waals surface area (Å²) in [7, 11) is 0. The minimum atomic E-state index is -0.883. The third kappa shape index (κ3) is 3.52. The van der Waals surface area contributed by atoms with Gasteiger partial charge in [-0.15, -0.1) is 0 Å². The Balaban J connectivity index is 2.10. The average Bonchev–Trinajstić information content (AvgIpc) is 2.46. The Morgan fingerprint density at radius 2 is 1.90 bits per heavy atom. The molecule has 0 saturated heterocycles. The van der Waals surface area contributed by atoms with Crippen LogP contribution in [0.15, 0.2) is 42.5 Å². The van der Waals surface area contributed by atoms with Gasteiger partial charge in [-0.3, -0.25) is 0 Å². The van der Waals surface area contributed by atoms with Crippen LogP contribution in [0.2, 0.25) is 5.02 Å². The first kappa shape index (κ1) is 14.4. The summed E-state index contributed by atoms with van der Waals surface area (Å²) in [5.41, 5.74) is 3.24. The van der Waals surface area contributed by atoms with Crippen molar-refractivity contribution >= 4 is 23.3 Å². The summed E-state index contributed by atoms with van der Waals surface area (Å²) >= 11 is 5.84. The van der Waals surface area contributed by atoms with Gasteiger partial charge in [0.25, 0.3) is 0 Å². The highest BCUT2D eigenvalue weighted by Crippen LogP contribution is 2.18. The van der Waals surface area contributed by atoms with Gasteiger partial charge in [-0.1, -0.05) is 30.7 Å². The molecule has 20 heavy (non-hydrogen) atoms. The van der Waals surface area contributed by atoms with E-state index in [1.165, 1.54) is 0 Å². The summed E-state index contributed by atoms with van der Waals surface area (Å²) in [4.78, 5) is 11.1. The lowest BCUT2D eigenvalue weighted by atomic mass is 10.0. The maximum Gasteiger partial charge on any atom is 0.335 e. The second-order valence-corrected chi connectivity index (χ2v) is 4.95. The first-order chi connectivity index (χ1) is 9.60. The van der Waals surface area contributed by atoms with Crippen LogP contribution < -0.4 is 5.32 Å². The van der Waals surface area contributed by atoms with Gasteiger partial charge in [-0.2, -0.15) is 0 Å². The number of carbonyl (C=O) groups is 1. The number of nitrogens with one attached hydrogen (secondary N) is 1. The van der Waals surface area contributed by atoms with Gasteiger partial charge >= 0.3 is 5.97 Å². The smallest absolute Gasteiger partial charge is 0.335 e. The van der Waals surface area contributed by atoms with Crippen LogP contribution in [0.5, 0.6) is 0 Å². The van der Waals surface area contributed by atoms with Crippen LogP contribution in [-0.2, 0) is 13.0 Å². The molecule has 0 radical (unpaired) electrons. The summed E-state index contributed by atoms with van der Waals surface area (Å²) in [6.07, 6.45) is 0.693. The molecule has 0 atom stereocenters. The van der Waals surface area contributed by atoms with Gasteiger partial charge in [0.05, 0.1) is 5.56 Å². The standard InChI is InChI=1S/C16H16ClNO2/c1-2-12-9-14(7-8-15(12)16(19)20)18-10-11-3-5-13(17)6-4-11/h3-9,18H,2,10H2,1H3,(H,19,20). The number of benzene rings is 2. The quantitative estimate of drug-likeness (QED) is 0.867. The number of hydrogen-bond donors (Lipinski definition) is 2. The molecular weight excluding hydrogens is 274 g/mol. The highest BCUT2D eigenvalue weighted by molar-refractivity contribution is 6.30. The fourth-order valence-electron chi connectivity index (χ4n) is 2.01. The van der Waals surface area contributed by atoms with Crippen molar-refractivity contribution in [3.63, 3.8) is 0 Å². The Hall–Kier alpha value is -2.00. The number of aromatic carboxylic acids is 1. The maximum absolute atomic E-state index is 11.1. The molecule has 0 unspecified atom stereocenters. The molecule has 0 amide bonds. The molecule has 2 N–H and O–H groups in total. The van der Waals surface area contributed by atoms with E-state index in [4.69, 9.17) is 16.7 Å². The number of aryl methyl sites for hydroxylation is 1. The average molecular weight is 290 g/mol. The lowest BCUT2D eigenvalue weighted by molar-refractivity contribution is 0.0696. The second kappa shape index (κ2) is 6.44. The monoisotopic (exact) mass is 289 g/mol. The van der Waals surface area contributed by atoms with Crippen LogP contribution in [0.25, 0.3) is 0 Å². The summed E-state index contributed by atoms with van der Waals surface area (Å²) in [6.45, 7) is 2.62. The van der Waals surface area contributed by atoms with E-state index in [1.54, 1.807) is 12.1 Å². The number of rotatable bonds is 5. The van der Waals surface area contributed by atoms with Crippen molar-refractivity contribution in [2.45, 2.75) is 19.9 Å². The zero-order valence-electron chi connectivity index (χ0n) is 11.2. The fourth-order valence-corrected chi connectivity index (χ4v) is 2.14. The van der Waals surface area contributed by atoms with E-state index in [1.807, 2.05) is 37.3 Å². The third-order valence-corrected chi connectivity index (χ3v) is 3.38. The maximum atomic E-state index is 11.1. The summed E-state index contributed by atoms with van der Waals surface area (Å²) in [5.74, 6) is -0.883. The zero-order chi connectivity index (χ0) is 14.5. The van der Waals surface area contributed by atoms with E-state index in [9.17, 15) is 4.79 Å². The van der Waals surface area contributed by atoms with E-state index in [-0.39, 0.29) is 0 Å². The molecule has 0 saturated carbocycles. The molecule has 4 heteroatoms. The van der Waals surface area contributed by atoms with Crippen LogP contribution in [0.3, 0.4) is 0 Å². The van der Waals surface area contributed by atoms with E-state index in [0.29, 0.717) is 23.6 Å². The highest BCUT2D eigenvalue weighted by Gasteiger charge is 2.09. The van der Waals surface area contributed by atoms with E-state index < -0.39 is 5.97 Å². The van der Waals surface area contributed by atoms with Crippen LogP contribution in [0.1, 0.15) is 28.4 Å². The molecule has 2 aromatic rings. The summed E-state index contributed by atoms with van der Waals surface area (Å²) < 4.78 is 0. The first-order valence-electron chi connectivity index (χ1n) is 6.44. The SMILES string of the molecule is CCc1cc(NCc2ccc(Cl)cc2)ccc1C(=O)O. The Bertz CT molecular complexity index is 608. The second-order valence-electron chi connectivity index (χ2n) is 4.51. The normalized spacial score (nSPS) is 10.3. The molecule has 0 aliphatic rings. The molecule has 2 rings (SSSR count). The predicted octanol–water partition coefficient (Wildman–Crippen LogP) is 4.21. The number of halogens is 1. The molecule has 0 spiro atoms. The van der Waals surface area contributed by atoms with Gasteiger partial charge in [-0.25, -0.2) is 4.79 Å². The Morgan fingerprint density at radius 3 is 2.50 bits per heavy atom. The number of carboxylic acids is 1. The van der Waals surface area contributed by atoms with Gasteiger partial charge in [-0.05, 0) is 47.9 Å². The fraction of sp³-hybridized carbons (Fsp3) is 0.188. The van der Waals surface area contributed by atoms with E-state index >= 15 is 0 Å². The molecular formula is C16H16ClNO2. The highest BCUT2D eigenvalue weighted by atomic mass is 35.5. The van der Waals surface area contributed by atoms with E-state index in [0.717, 1.165) is 16.8 Å². The first-order valence-corrected chi connectivity index (χ1v) is 6.82. The molecule has 0 aliphatic heterocycles. The topological polar surface area (TPSA) is 49.3 Å². The molecule has 2 aromatic carbocycles. The molecule has 0 heterocycles. The Labute approximate surface area is 123 Å². The molecule has 0 aliphatic carbocycles. The molecule has 104 valence electrons. The van der Waals surface area contributed by atoms with Crippen molar-refractivity contribution in [1.29, 1.82) is 0 Å². The zero-order valence-corrected chi connectivity index (χ0v) is 11.9. The number of carboxylic acid groups (broad SMARTS) is 1. The lowest BCUT2D eigenvalue weighted by Crippen LogP contribution is -2.04. The van der Waals surface area contributed by atoms with Crippen LogP contribution in [-0.4, -0.2) is 11.1 Å². The minimum Gasteiger partial charge on any atom is -0.478 e. The molecule has 0 bridgehead atoms. The third-order valence-electron chi connectivity index (χ3n) is 3.13. The lowest BCUT2D eigenvalue weighted by Gasteiger charge is -2.10. The van der Waals surface area contributed by atoms with Gasteiger partial charge in [0.15, 0.2) is 0 Å². The van der Waals surface area contributed by atoms with E-state index in [2.05, 4.69) is 5.32 Å². The number of anilines is 1. The van der Waals surface area contributed by atoms with Crippen LogP contribution in [0.4, 0.5) is 5.69 Å². The van der Waals surface area contributed by atoms with Gasteiger partial charge in [0.1, 0.15) is 0 Å². The predicted molar refractivity (Wildman–Crippen MR) is 81.6 cm³/mol. The number of hydrogen-bond acceptors (Lipinski definition) is 2. The van der Waals surface area contributed by atoms with Gasteiger partial charge in [0, 0.05) is 17.3 Å². The Morgan fingerprint density at radius 1 is 1.20 bits per heavy atom. The van der Waals surface area contributed by atoms with Crippen LogP contribution >= 0.6 is 11.6 Å². The molecule has 0 fully saturated rings.